The summed E-state index contributed by atoms with van der Waals surface area (Å²) in [5.41, 5.74) is 0.868. The van der Waals surface area contributed by atoms with Crippen LogP contribution in [0.15, 0.2) is 18.3 Å². The third-order valence-electron chi connectivity index (χ3n) is 2.81. The number of hydrogen-bond acceptors (Lipinski definition) is 4. The lowest BCUT2D eigenvalue weighted by molar-refractivity contribution is 0.281. The summed E-state index contributed by atoms with van der Waals surface area (Å²) in [5, 5.41) is 8.92. The van der Waals surface area contributed by atoms with Crippen LogP contribution in [0.2, 0.25) is 0 Å². The Balaban J connectivity index is 2.07. The molecule has 1 atom stereocenters. The molecule has 1 aromatic rings. The minimum Gasteiger partial charge on any atom is -0.392 e. The van der Waals surface area contributed by atoms with Crippen molar-refractivity contribution in [3.63, 3.8) is 0 Å². The number of hydrogen-bond donors (Lipinski definition) is 1. The highest BCUT2D eigenvalue weighted by atomic mass is 32.2. The Morgan fingerprint density at radius 1 is 1.60 bits per heavy atom. The van der Waals surface area contributed by atoms with Crippen molar-refractivity contribution in [2.24, 2.45) is 0 Å². The summed E-state index contributed by atoms with van der Waals surface area (Å²) < 4.78 is 0. The number of thioether (sulfide) groups is 1. The number of aliphatic hydroxyl groups excluding tert-OH is 1. The molecule has 2 heterocycles. The lowest BCUT2D eigenvalue weighted by Gasteiger charge is -2.24. The van der Waals surface area contributed by atoms with Crippen LogP contribution in [-0.4, -0.2) is 34.7 Å². The molecule has 82 valence electrons. The highest BCUT2D eigenvalue weighted by Crippen LogP contribution is 2.24. The number of aromatic nitrogens is 1. The van der Waals surface area contributed by atoms with Gasteiger partial charge in [-0.05, 0) is 23.8 Å². The van der Waals surface area contributed by atoms with E-state index in [-0.39, 0.29) is 6.61 Å². The Labute approximate surface area is 94.5 Å². The van der Waals surface area contributed by atoms with Gasteiger partial charge in [-0.2, -0.15) is 11.8 Å². The number of rotatable bonds is 3. The summed E-state index contributed by atoms with van der Waals surface area (Å²) in [6.07, 6.45) is 2.98. The van der Waals surface area contributed by atoms with Gasteiger partial charge in [-0.15, -0.1) is 0 Å². The average molecular weight is 224 g/mol. The molecule has 0 aromatic carbocycles. The van der Waals surface area contributed by atoms with Gasteiger partial charge in [-0.25, -0.2) is 4.98 Å². The number of nitrogens with zero attached hydrogens (tertiary/aromatic N) is 2. The molecule has 1 aliphatic rings. The maximum atomic E-state index is 8.92. The van der Waals surface area contributed by atoms with Gasteiger partial charge >= 0.3 is 0 Å². The summed E-state index contributed by atoms with van der Waals surface area (Å²) in [6, 6.07) is 4.53. The van der Waals surface area contributed by atoms with Crippen LogP contribution in [0.25, 0.3) is 0 Å². The molecule has 1 saturated heterocycles. The molecule has 0 bridgehead atoms. The van der Waals surface area contributed by atoms with Crippen molar-refractivity contribution in [2.45, 2.75) is 19.1 Å². The molecule has 1 aliphatic heterocycles. The van der Waals surface area contributed by atoms with E-state index in [1.54, 1.807) is 6.20 Å². The Bertz CT molecular complexity index is 309. The maximum absolute atomic E-state index is 8.92. The molecule has 15 heavy (non-hydrogen) atoms. The largest absolute Gasteiger partial charge is 0.392 e. The lowest BCUT2D eigenvalue weighted by Crippen LogP contribution is -2.31. The van der Waals surface area contributed by atoms with Crippen molar-refractivity contribution in [1.82, 2.24) is 4.98 Å². The van der Waals surface area contributed by atoms with Gasteiger partial charge in [0.15, 0.2) is 0 Å². The number of aliphatic hydroxyl groups is 1. The van der Waals surface area contributed by atoms with Crippen molar-refractivity contribution >= 4 is 17.6 Å². The molecule has 2 rings (SSSR count). The molecule has 0 saturated carbocycles. The average Bonchev–Trinajstić information content (AvgIpc) is 2.82. The molecule has 1 unspecified atom stereocenters. The van der Waals surface area contributed by atoms with Crippen molar-refractivity contribution in [3.05, 3.63) is 23.9 Å². The van der Waals surface area contributed by atoms with Crippen LogP contribution >= 0.6 is 11.8 Å². The first-order valence-corrected chi connectivity index (χ1v) is 6.33. The standard InChI is InChI=1S/C11H16N2OS/c1-13(10-4-5-15-8-10)11-3-2-9(7-14)6-12-11/h2-3,6,10,14H,4-5,7-8H2,1H3. The topological polar surface area (TPSA) is 36.4 Å². The van der Waals surface area contributed by atoms with Crippen molar-refractivity contribution in [2.75, 3.05) is 23.5 Å². The van der Waals surface area contributed by atoms with E-state index in [1.165, 1.54) is 17.9 Å². The van der Waals surface area contributed by atoms with Crippen LogP contribution < -0.4 is 4.90 Å². The fraction of sp³-hybridized carbons (Fsp3) is 0.545. The Morgan fingerprint density at radius 3 is 3.00 bits per heavy atom. The van der Waals surface area contributed by atoms with E-state index in [9.17, 15) is 0 Å². The van der Waals surface area contributed by atoms with Gasteiger partial charge in [0.1, 0.15) is 5.82 Å². The zero-order valence-corrected chi connectivity index (χ0v) is 9.70. The molecule has 0 radical (unpaired) electrons. The van der Waals surface area contributed by atoms with Crippen molar-refractivity contribution < 1.29 is 5.11 Å². The second kappa shape index (κ2) is 4.86. The molecule has 1 N–H and O–H groups in total. The first kappa shape index (κ1) is 10.8. The fourth-order valence-electron chi connectivity index (χ4n) is 1.73. The molecule has 1 aromatic heterocycles. The normalized spacial score (nSPS) is 20.5. The van der Waals surface area contributed by atoms with Gasteiger partial charge in [-0.1, -0.05) is 6.07 Å². The monoisotopic (exact) mass is 224 g/mol. The lowest BCUT2D eigenvalue weighted by atomic mass is 10.2. The van der Waals surface area contributed by atoms with Crippen LogP contribution in [0, 0.1) is 0 Å². The van der Waals surface area contributed by atoms with Crippen molar-refractivity contribution in [1.29, 1.82) is 0 Å². The molecule has 1 fully saturated rings. The van der Waals surface area contributed by atoms with Crippen molar-refractivity contribution in [3.8, 4) is 0 Å². The number of anilines is 1. The zero-order valence-electron chi connectivity index (χ0n) is 8.89. The quantitative estimate of drug-likeness (QED) is 0.844. The SMILES string of the molecule is CN(c1ccc(CO)cn1)C1CCSC1. The van der Waals surface area contributed by atoms with E-state index < -0.39 is 0 Å². The van der Waals surface area contributed by atoms with Gasteiger partial charge in [0, 0.05) is 25.0 Å². The van der Waals surface area contributed by atoms with Crippen LogP contribution in [0.3, 0.4) is 0 Å². The minimum absolute atomic E-state index is 0.0657. The molecular weight excluding hydrogens is 208 g/mol. The smallest absolute Gasteiger partial charge is 0.128 e. The molecule has 0 amide bonds. The van der Waals surface area contributed by atoms with Gasteiger partial charge in [0.25, 0.3) is 0 Å². The summed E-state index contributed by atoms with van der Waals surface area (Å²) in [7, 11) is 2.09. The van der Waals surface area contributed by atoms with E-state index in [4.69, 9.17) is 5.11 Å². The van der Waals surface area contributed by atoms with E-state index >= 15 is 0 Å². The van der Waals surface area contributed by atoms with Crippen LogP contribution in [-0.2, 0) is 6.61 Å². The van der Waals surface area contributed by atoms with Gasteiger partial charge in [0.05, 0.1) is 6.61 Å². The molecule has 3 nitrogen and oxygen atoms in total. The second-order valence-electron chi connectivity index (χ2n) is 3.81. The summed E-state index contributed by atoms with van der Waals surface area (Å²) in [5.74, 6) is 3.45. The van der Waals surface area contributed by atoms with Crippen LogP contribution in [0.5, 0.6) is 0 Å². The maximum Gasteiger partial charge on any atom is 0.128 e. The fourth-order valence-corrected chi connectivity index (χ4v) is 3.00. The summed E-state index contributed by atoms with van der Waals surface area (Å²) >= 11 is 2.00. The highest BCUT2D eigenvalue weighted by molar-refractivity contribution is 7.99. The summed E-state index contributed by atoms with van der Waals surface area (Å²) in [4.78, 5) is 6.59. The van der Waals surface area contributed by atoms with Gasteiger partial charge in [0.2, 0.25) is 0 Å². The number of pyridine rings is 1. The van der Waals surface area contributed by atoms with E-state index in [0.717, 1.165) is 11.4 Å². The Hall–Kier alpha value is -0.740. The molecule has 0 aliphatic carbocycles. The Morgan fingerprint density at radius 2 is 2.47 bits per heavy atom. The van der Waals surface area contributed by atoms with E-state index in [1.807, 2.05) is 23.9 Å². The first-order valence-electron chi connectivity index (χ1n) is 5.17. The first-order chi connectivity index (χ1) is 7.31. The zero-order chi connectivity index (χ0) is 10.7. The van der Waals surface area contributed by atoms with Gasteiger partial charge in [-0.3, -0.25) is 0 Å². The minimum atomic E-state index is 0.0657. The summed E-state index contributed by atoms with van der Waals surface area (Å²) in [6.45, 7) is 0.0657. The Kier molecular flexibility index (Phi) is 3.49. The molecule has 4 heteroatoms. The molecule has 0 spiro atoms. The third kappa shape index (κ3) is 2.44. The predicted molar refractivity (Wildman–Crippen MR) is 64.3 cm³/mol. The third-order valence-corrected chi connectivity index (χ3v) is 3.95. The van der Waals surface area contributed by atoms with Crippen LogP contribution in [0.4, 0.5) is 5.82 Å². The predicted octanol–water partition coefficient (Wildman–Crippen LogP) is 1.52. The van der Waals surface area contributed by atoms with Crippen LogP contribution in [0.1, 0.15) is 12.0 Å². The second-order valence-corrected chi connectivity index (χ2v) is 4.96. The highest BCUT2D eigenvalue weighted by Gasteiger charge is 2.20. The molecular formula is C11H16N2OS. The van der Waals surface area contributed by atoms with E-state index in [0.29, 0.717) is 6.04 Å². The van der Waals surface area contributed by atoms with Gasteiger partial charge < -0.3 is 10.0 Å². The van der Waals surface area contributed by atoms with E-state index in [2.05, 4.69) is 16.9 Å².